The molecule has 1 saturated carbocycles. The molecular formula is C21H27ClN2O3S. The molecule has 1 aromatic carbocycles. The fourth-order valence-corrected chi connectivity index (χ4v) is 4.93. The maximum absolute atomic E-state index is 13.1. The van der Waals surface area contributed by atoms with Crippen LogP contribution in [-0.4, -0.2) is 40.7 Å². The molecule has 1 aromatic rings. The lowest BCUT2D eigenvalue weighted by molar-refractivity contribution is -0.148. The first-order valence-corrected chi connectivity index (χ1v) is 11.6. The number of thioether (sulfide) groups is 1. The van der Waals surface area contributed by atoms with Crippen LogP contribution < -0.4 is 5.32 Å². The number of imide groups is 1. The highest BCUT2D eigenvalue weighted by molar-refractivity contribution is 7.98. The molecular weight excluding hydrogens is 396 g/mol. The number of fused-ring (bicyclic) bond motifs is 1. The Morgan fingerprint density at radius 3 is 2.46 bits per heavy atom. The fourth-order valence-electron chi connectivity index (χ4n) is 4.27. The number of halogens is 1. The minimum Gasteiger partial charge on any atom is -0.348 e. The maximum Gasteiger partial charge on any atom is 0.243 e. The van der Waals surface area contributed by atoms with Gasteiger partial charge in [0.1, 0.15) is 6.04 Å². The van der Waals surface area contributed by atoms with Crippen molar-refractivity contribution in [1.29, 1.82) is 0 Å². The summed E-state index contributed by atoms with van der Waals surface area (Å²) in [6.07, 6.45) is 5.87. The lowest BCUT2D eigenvalue weighted by Crippen LogP contribution is -2.50. The van der Waals surface area contributed by atoms with Crippen molar-refractivity contribution >= 4 is 41.1 Å². The third kappa shape index (κ3) is 4.38. The van der Waals surface area contributed by atoms with Gasteiger partial charge in [-0.05, 0) is 55.9 Å². The Balaban J connectivity index is 1.78. The van der Waals surface area contributed by atoms with E-state index in [1.54, 1.807) is 17.8 Å². The minimum absolute atomic E-state index is 0.161. The number of hydrogen-bond donors (Lipinski definition) is 1. The summed E-state index contributed by atoms with van der Waals surface area (Å²) in [6, 6.07) is 6.31. The van der Waals surface area contributed by atoms with Crippen LogP contribution in [0.1, 0.15) is 50.6 Å². The Labute approximate surface area is 175 Å². The molecule has 1 saturated heterocycles. The van der Waals surface area contributed by atoms with Crippen LogP contribution >= 0.6 is 23.4 Å². The van der Waals surface area contributed by atoms with Crippen molar-refractivity contribution in [2.45, 2.75) is 51.1 Å². The molecule has 0 aromatic heterocycles. The summed E-state index contributed by atoms with van der Waals surface area (Å²) in [5, 5.41) is 3.58. The van der Waals surface area contributed by atoms with E-state index < -0.39 is 6.04 Å². The van der Waals surface area contributed by atoms with Gasteiger partial charge in [-0.25, -0.2) is 0 Å². The average Bonchev–Trinajstić information content (AvgIpc) is 2.94. The lowest BCUT2D eigenvalue weighted by Gasteiger charge is -2.27. The number of benzene rings is 1. The Kier molecular flexibility index (Phi) is 7.05. The van der Waals surface area contributed by atoms with E-state index in [0.29, 0.717) is 17.2 Å². The highest BCUT2D eigenvalue weighted by Gasteiger charge is 2.51. The van der Waals surface area contributed by atoms with Crippen LogP contribution in [0.15, 0.2) is 24.3 Å². The lowest BCUT2D eigenvalue weighted by atomic mass is 9.81. The van der Waals surface area contributed by atoms with E-state index in [1.807, 2.05) is 31.4 Å². The molecule has 3 rings (SSSR count). The molecule has 7 heteroatoms. The van der Waals surface area contributed by atoms with Crippen LogP contribution in [0.5, 0.6) is 0 Å². The van der Waals surface area contributed by atoms with E-state index in [4.69, 9.17) is 11.6 Å². The fraction of sp³-hybridized carbons (Fsp3) is 0.571. The summed E-state index contributed by atoms with van der Waals surface area (Å²) in [6.45, 7) is 1.88. The van der Waals surface area contributed by atoms with E-state index in [2.05, 4.69) is 5.32 Å². The molecule has 5 nitrogen and oxygen atoms in total. The SMILES string of the molecule is CSCCC(C(=O)NC(C)c1cccc(Cl)c1)N1C(=O)C2CCCCC2C1=O. The van der Waals surface area contributed by atoms with E-state index in [1.165, 1.54) is 4.90 Å². The Morgan fingerprint density at radius 1 is 1.25 bits per heavy atom. The van der Waals surface area contributed by atoms with Crippen molar-refractivity contribution in [1.82, 2.24) is 10.2 Å². The quantitative estimate of drug-likeness (QED) is 0.678. The van der Waals surface area contributed by atoms with Gasteiger partial charge in [-0.1, -0.05) is 36.6 Å². The first-order valence-electron chi connectivity index (χ1n) is 9.85. The Hall–Kier alpha value is -1.53. The molecule has 4 atom stereocenters. The van der Waals surface area contributed by atoms with Crippen LogP contribution in [-0.2, 0) is 14.4 Å². The number of rotatable bonds is 7. The second kappa shape index (κ2) is 9.31. The van der Waals surface area contributed by atoms with Crippen molar-refractivity contribution in [3.8, 4) is 0 Å². The van der Waals surface area contributed by atoms with Gasteiger partial charge in [0.05, 0.1) is 17.9 Å². The molecule has 4 unspecified atom stereocenters. The highest BCUT2D eigenvalue weighted by atomic mass is 35.5. The van der Waals surface area contributed by atoms with E-state index >= 15 is 0 Å². The highest BCUT2D eigenvalue weighted by Crippen LogP contribution is 2.39. The number of hydrogen-bond acceptors (Lipinski definition) is 4. The molecule has 28 heavy (non-hydrogen) atoms. The summed E-state index contributed by atoms with van der Waals surface area (Å²) >= 11 is 7.66. The molecule has 1 aliphatic heterocycles. The summed E-state index contributed by atoms with van der Waals surface area (Å²) in [5.74, 6) is -0.372. The summed E-state index contributed by atoms with van der Waals surface area (Å²) in [4.78, 5) is 40.3. The molecule has 1 heterocycles. The van der Waals surface area contributed by atoms with Crippen molar-refractivity contribution in [3.05, 3.63) is 34.9 Å². The molecule has 3 amide bonds. The van der Waals surface area contributed by atoms with Crippen molar-refractivity contribution < 1.29 is 14.4 Å². The van der Waals surface area contributed by atoms with Gasteiger partial charge in [0, 0.05) is 5.02 Å². The van der Waals surface area contributed by atoms with Crippen molar-refractivity contribution in [2.75, 3.05) is 12.0 Å². The molecule has 0 bridgehead atoms. The number of nitrogens with zero attached hydrogens (tertiary/aromatic N) is 1. The topological polar surface area (TPSA) is 66.5 Å². The van der Waals surface area contributed by atoms with Gasteiger partial charge in [-0.15, -0.1) is 0 Å². The van der Waals surface area contributed by atoms with E-state index in [-0.39, 0.29) is 35.6 Å². The van der Waals surface area contributed by atoms with Gasteiger partial charge in [0.2, 0.25) is 17.7 Å². The second-order valence-electron chi connectivity index (χ2n) is 7.63. The molecule has 2 fully saturated rings. The third-order valence-corrected chi connectivity index (χ3v) is 6.67. The van der Waals surface area contributed by atoms with Gasteiger partial charge in [0.15, 0.2) is 0 Å². The predicted octanol–water partition coefficient (Wildman–Crippen LogP) is 3.81. The molecule has 1 aliphatic carbocycles. The van der Waals surface area contributed by atoms with Crippen LogP contribution in [0.2, 0.25) is 5.02 Å². The van der Waals surface area contributed by atoms with E-state index in [9.17, 15) is 14.4 Å². The number of nitrogens with one attached hydrogen (secondary N) is 1. The van der Waals surface area contributed by atoms with Crippen LogP contribution in [0, 0.1) is 11.8 Å². The van der Waals surface area contributed by atoms with Crippen molar-refractivity contribution in [2.24, 2.45) is 11.8 Å². The van der Waals surface area contributed by atoms with Gasteiger partial charge in [0.25, 0.3) is 0 Å². The first-order chi connectivity index (χ1) is 13.4. The maximum atomic E-state index is 13.1. The molecule has 1 N–H and O–H groups in total. The Morgan fingerprint density at radius 2 is 1.89 bits per heavy atom. The van der Waals surface area contributed by atoms with E-state index in [0.717, 1.165) is 31.2 Å². The van der Waals surface area contributed by atoms with Gasteiger partial charge < -0.3 is 5.32 Å². The molecule has 2 aliphatic rings. The molecule has 152 valence electrons. The monoisotopic (exact) mass is 422 g/mol. The zero-order chi connectivity index (χ0) is 20.3. The molecule has 0 spiro atoms. The summed E-state index contributed by atoms with van der Waals surface area (Å²) in [7, 11) is 0. The van der Waals surface area contributed by atoms with Crippen LogP contribution in [0.3, 0.4) is 0 Å². The smallest absolute Gasteiger partial charge is 0.243 e. The van der Waals surface area contributed by atoms with Gasteiger partial charge in [-0.3, -0.25) is 19.3 Å². The summed E-state index contributed by atoms with van der Waals surface area (Å²) in [5.41, 5.74) is 0.886. The summed E-state index contributed by atoms with van der Waals surface area (Å²) < 4.78 is 0. The number of carbonyl (C=O) groups is 3. The number of amides is 3. The third-order valence-electron chi connectivity index (χ3n) is 5.79. The predicted molar refractivity (Wildman–Crippen MR) is 112 cm³/mol. The second-order valence-corrected chi connectivity index (χ2v) is 9.05. The average molecular weight is 423 g/mol. The van der Waals surface area contributed by atoms with Crippen LogP contribution in [0.4, 0.5) is 0 Å². The Bertz CT molecular complexity index is 733. The zero-order valence-electron chi connectivity index (χ0n) is 16.3. The van der Waals surface area contributed by atoms with Crippen molar-refractivity contribution in [3.63, 3.8) is 0 Å². The molecule has 0 radical (unpaired) electrons. The van der Waals surface area contributed by atoms with Gasteiger partial charge >= 0.3 is 0 Å². The minimum atomic E-state index is -0.750. The largest absolute Gasteiger partial charge is 0.348 e. The number of likely N-dealkylation sites (tertiary alicyclic amines) is 1. The van der Waals surface area contributed by atoms with Gasteiger partial charge in [-0.2, -0.15) is 11.8 Å². The zero-order valence-corrected chi connectivity index (χ0v) is 17.9. The number of carbonyl (C=O) groups excluding carboxylic acids is 3. The normalized spacial score (nSPS) is 24.0. The standard InChI is InChI=1S/C21H27ClN2O3S/c1-13(14-6-5-7-15(22)12-14)23-19(25)18(10-11-28-2)24-20(26)16-8-3-4-9-17(16)21(24)27/h5-7,12-13,16-18H,3-4,8-11H2,1-2H3,(H,23,25). The van der Waals surface area contributed by atoms with Crippen LogP contribution in [0.25, 0.3) is 0 Å². The first kappa shape index (κ1) is 21.2.